The van der Waals surface area contributed by atoms with Crippen LogP contribution < -0.4 is 4.90 Å². The van der Waals surface area contributed by atoms with Crippen LogP contribution >= 0.6 is 0 Å². The standard InChI is InChI=1S/C15H17F3N2O6/c1-14(2,25)11-7(15(16,17)18)3-4-8(19-11)20-5-6-26-10(12(20)22)9(21)13(23)24/h3-4,9-10,21,25H,5-6H2,1-2H3,(H,23,24). The molecule has 1 aromatic rings. The molecule has 144 valence electrons. The minimum Gasteiger partial charge on any atom is -0.479 e. The molecule has 0 bridgehead atoms. The highest BCUT2D eigenvalue weighted by atomic mass is 19.4. The second kappa shape index (κ2) is 6.82. The number of aliphatic hydroxyl groups excluding tert-OH is 1. The Balaban J connectivity index is 2.45. The Labute approximate surface area is 145 Å². The number of aliphatic hydroxyl groups is 2. The Hall–Kier alpha value is -2.24. The van der Waals surface area contributed by atoms with E-state index in [9.17, 15) is 33.0 Å². The molecule has 0 spiro atoms. The number of rotatable bonds is 4. The van der Waals surface area contributed by atoms with Gasteiger partial charge in [-0.05, 0) is 26.0 Å². The van der Waals surface area contributed by atoms with Gasteiger partial charge in [-0.15, -0.1) is 0 Å². The van der Waals surface area contributed by atoms with Crippen molar-refractivity contribution >= 4 is 17.7 Å². The molecule has 0 radical (unpaired) electrons. The molecule has 2 heterocycles. The van der Waals surface area contributed by atoms with E-state index in [2.05, 4.69) is 4.98 Å². The van der Waals surface area contributed by atoms with Crippen LogP contribution in [-0.2, 0) is 26.1 Å². The molecule has 3 N–H and O–H groups in total. The number of morpholine rings is 1. The summed E-state index contributed by atoms with van der Waals surface area (Å²) in [5.41, 5.74) is -3.79. The third kappa shape index (κ3) is 3.94. The van der Waals surface area contributed by atoms with Gasteiger partial charge in [0.25, 0.3) is 5.91 Å². The number of hydrogen-bond acceptors (Lipinski definition) is 6. The van der Waals surface area contributed by atoms with E-state index >= 15 is 0 Å². The van der Waals surface area contributed by atoms with E-state index in [0.717, 1.165) is 24.8 Å². The van der Waals surface area contributed by atoms with Crippen LogP contribution in [0.5, 0.6) is 0 Å². The van der Waals surface area contributed by atoms with Gasteiger partial charge in [-0.1, -0.05) is 0 Å². The van der Waals surface area contributed by atoms with Gasteiger partial charge in [-0.25, -0.2) is 9.78 Å². The molecule has 1 amide bonds. The molecule has 0 aromatic carbocycles. The zero-order valence-electron chi connectivity index (χ0n) is 13.8. The van der Waals surface area contributed by atoms with Crippen molar-refractivity contribution in [1.82, 2.24) is 4.98 Å². The summed E-state index contributed by atoms with van der Waals surface area (Å²) in [4.78, 5) is 27.9. The number of aliphatic carboxylic acids is 1. The monoisotopic (exact) mass is 378 g/mol. The number of pyridine rings is 1. The largest absolute Gasteiger partial charge is 0.479 e. The van der Waals surface area contributed by atoms with E-state index in [1.54, 1.807) is 0 Å². The van der Waals surface area contributed by atoms with Crippen LogP contribution in [0.2, 0.25) is 0 Å². The maximum Gasteiger partial charge on any atom is 0.418 e. The van der Waals surface area contributed by atoms with E-state index in [1.807, 2.05) is 0 Å². The lowest BCUT2D eigenvalue weighted by Gasteiger charge is -2.33. The number of carbonyl (C=O) groups is 2. The Bertz CT molecular complexity index is 716. The van der Waals surface area contributed by atoms with Crippen molar-refractivity contribution < 1.29 is 42.8 Å². The summed E-state index contributed by atoms with van der Waals surface area (Å²) < 4.78 is 44.4. The van der Waals surface area contributed by atoms with Crippen LogP contribution in [0.3, 0.4) is 0 Å². The number of alkyl halides is 3. The van der Waals surface area contributed by atoms with E-state index in [-0.39, 0.29) is 19.0 Å². The summed E-state index contributed by atoms with van der Waals surface area (Å²) in [6.45, 7) is 1.98. The molecular formula is C15H17F3N2O6. The van der Waals surface area contributed by atoms with Crippen LogP contribution in [0.1, 0.15) is 25.1 Å². The van der Waals surface area contributed by atoms with Gasteiger partial charge in [-0.3, -0.25) is 9.69 Å². The molecule has 1 fully saturated rings. The SMILES string of the molecule is CC(C)(O)c1nc(N2CCOC(C(O)C(=O)O)C2=O)ccc1C(F)(F)F. The first kappa shape index (κ1) is 20.1. The molecule has 11 heteroatoms. The normalized spacial score (nSPS) is 20.2. The fourth-order valence-corrected chi connectivity index (χ4v) is 2.48. The molecule has 0 saturated carbocycles. The molecule has 2 atom stereocenters. The average Bonchev–Trinajstić information content (AvgIpc) is 2.52. The average molecular weight is 378 g/mol. The summed E-state index contributed by atoms with van der Waals surface area (Å²) in [6, 6.07) is 1.62. The van der Waals surface area contributed by atoms with Crippen LogP contribution in [0, 0.1) is 0 Å². The highest BCUT2D eigenvalue weighted by Crippen LogP contribution is 2.37. The highest BCUT2D eigenvalue weighted by Gasteiger charge is 2.42. The fourth-order valence-electron chi connectivity index (χ4n) is 2.48. The zero-order chi connectivity index (χ0) is 19.9. The summed E-state index contributed by atoms with van der Waals surface area (Å²) >= 11 is 0. The van der Waals surface area contributed by atoms with Gasteiger partial charge in [0.05, 0.1) is 24.4 Å². The van der Waals surface area contributed by atoms with Gasteiger partial charge < -0.3 is 20.1 Å². The third-order valence-corrected chi connectivity index (χ3v) is 3.70. The van der Waals surface area contributed by atoms with Crippen molar-refractivity contribution in [3.63, 3.8) is 0 Å². The minimum atomic E-state index is -4.77. The molecule has 1 aromatic heterocycles. The van der Waals surface area contributed by atoms with Gasteiger partial charge in [0, 0.05) is 0 Å². The molecule has 1 aliphatic rings. The summed E-state index contributed by atoms with van der Waals surface area (Å²) in [6.07, 6.45) is -8.61. The number of anilines is 1. The first-order valence-corrected chi connectivity index (χ1v) is 7.49. The van der Waals surface area contributed by atoms with Crippen molar-refractivity contribution in [3.05, 3.63) is 23.4 Å². The van der Waals surface area contributed by atoms with Gasteiger partial charge in [0.15, 0.2) is 12.2 Å². The second-order valence-corrected chi connectivity index (χ2v) is 6.19. The van der Waals surface area contributed by atoms with Gasteiger partial charge in [-0.2, -0.15) is 13.2 Å². The predicted molar refractivity (Wildman–Crippen MR) is 80.2 cm³/mol. The molecule has 1 saturated heterocycles. The number of hydrogen-bond donors (Lipinski definition) is 3. The third-order valence-electron chi connectivity index (χ3n) is 3.70. The second-order valence-electron chi connectivity index (χ2n) is 6.19. The zero-order valence-corrected chi connectivity index (χ0v) is 13.8. The fraction of sp³-hybridized carbons (Fsp3) is 0.533. The molecule has 1 aliphatic heterocycles. The van der Waals surface area contributed by atoms with E-state index in [0.29, 0.717) is 6.07 Å². The number of carboxylic acid groups (broad SMARTS) is 1. The minimum absolute atomic E-state index is 0.106. The van der Waals surface area contributed by atoms with Crippen molar-refractivity contribution in [1.29, 1.82) is 0 Å². The van der Waals surface area contributed by atoms with Crippen molar-refractivity contribution in [3.8, 4) is 0 Å². The Morgan fingerprint density at radius 1 is 1.38 bits per heavy atom. The smallest absolute Gasteiger partial charge is 0.418 e. The number of ether oxygens (including phenoxy) is 1. The maximum atomic E-state index is 13.1. The van der Waals surface area contributed by atoms with Gasteiger partial charge >= 0.3 is 12.1 Å². The number of aromatic nitrogens is 1. The maximum absolute atomic E-state index is 13.1. The Morgan fingerprint density at radius 2 is 2.00 bits per heavy atom. The van der Waals surface area contributed by atoms with Crippen LogP contribution in [0.25, 0.3) is 0 Å². The topological polar surface area (TPSA) is 120 Å². The van der Waals surface area contributed by atoms with Crippen LogP contribution in [0.15, 0.2) is 12.1 Å². The molecule has 2 unspecified atom stereocenters. The molecule has 8 nitrogen and oxygen atoms in total. The van der Waals surface area contributed by atoms with Crippen LogP contribution in [-0.4, -0.2) is 57.5 Å². The lowest BCUT2D eigenvalue weighted by atomic mass is 9.98. The molecule has 0 aliphatic carbocycles. The van der Waals surface area contributed by atoms with Gasteiger partial charge in [0.2, 0.25) is 0 Å². The first-order valence-electron chi connectivity index (χ1n) is 7.49. The van der Waals surface area contributed by atoms with Crippen molar-refractivity contribution in [2.75, 3.05) is 18.1 Å². The van der Waals surface area contributed by atoms with Crippen molar-refractivity contribution in [2.45, 2.75) is 37.8 Å². The lowest BCUT2D eigenvalue weighted by Crippen LogP contribution is -2.54. The Kier molecular flexibility index (Phi) is 5.26. The van der Waals surface area contributed by atoms with E-state index < -0.39 is 47.1 Å². The quantitative estimate of drug-likeness (QED) is 0.698. The van der Waals surface area contributed by atoms with E-state index in [4.69, 9.17) is 9.84 Å². The molecule has 2 rings (SSSR count). The molecular weight excluding hydrogens is 361 g/mol. The number of amides is 1. The van der Waals surface area contributed by atoms with Gasteiger partial charge in [0.1, 0.15) is 11.4 Å². The van der Waals surface area contributed by atoms with E-state index in [1.165, 1.54) is 0 Å². The summed E-state index contributed by atoms with van der Waals surface area (Å²) in [5.74, 6) is -2.85. The number of carbonyl (C=O) groups excluding carboxylic acids is 1. The first-order chi connectivity index (χ1) is 11.8. The summed E-state index contributed by atoms with van der Waals surface area (Å²) in [7, 11) is 0. The highest BCUT2D eigenvalue weighted by molar-refractivity contribution is 5.99. The summed E-state index contributed by atoms with van der Waals surface area (Å²) in [5, 5.41) is 28.4. The number of halogens is 3. The lowest BCUT2D eigenvalue weighted by molar-refractivity contribution is -0.163. The molecule has 26 heavy (non-hydrogen) atoms. The predicted octanol–water partition coefficient (Wildman–Crippen LogP) is 0.505. The van der Waals surface area contributed by atoms with Crippen LogP contribution in [0.4, 0.5) is 19.0 Å². The van der Waals surface area contributed by atoms with Crippen molar-refractivity contribution in [2.24, 2.45) is 0 Å². The number of carboxylic acids is 1. The number of nitrogens with zero attached hydrogens (tertiary/aromatic N) is 2. The Morgan fingerprint density at radius 3 is 2.50 bits per heavy atom.